The van der Waals surface area contributed by atoms with Gasteiger partial charge >= 0.3 is 0 Å². The molecule has 0 aliphatic rings. The lowest BCUT2D eigenvalue weighted by atomic mass is 10.1. The average molecular weight is 235 g/mol. The Bertz CT molecular complexity index is 386. The van der Waals surface area contributed by atoms with Crippen LogP contribution in [0.4, 0.5) is 0 Å². The van der Waals surface area contributed by atoms with Crippen molar-refractivity contribution in [1.29, 1.82) is 0 Å². The van der Waals surface area contributed by atoms with Crippen LogP contribution in [0.25, 0.3) is 0 Å². The minimum absolute atomic E-state index is 0.0698. The number of nitrogens with one attached hydrogen (secondary N) is 1. The molecule has 1 rings (SSSR count). The van der Waals surface area contributed by atoms with Crippen LogP contribution in [0.5, 0.6) is 5.75 Å². The first-order valence-corrected chi connectivity index (χ1v) is 5.96. The van der Waals surface area contributed by atoms with E-state index >= 15 is 0 Å². The topological polar surface area (TPSA) is 38.3 Å². The van der Waals surface area contributed by atoms with Crippen LogP contribution >= 0.6 is 0 Å². The molecule has 0 heterocycles. The average Bonchev–Trinajstić information content (AvgIpc) is 2.28. The van der Waals surface area contributed by atoms with Gasteiger partial charge in [-0.05, 0) is 37.0 Å². The third-order valence-corrected chi connectivity index (χ3v) is 2.62. The van der Waals surface area contributed by atoms with E-state index in [-0.39, 0.29) is 12.5 Å². The lowest BCUT2D eigenvalue weighted by molar-refractivity contribution is -0.123. The van der Waals surface area contributed by atoms with E-state index in [2.05, 4.69) is 19.2 Å². The van der Waals surface area contributed by atoms with Gasteiger partial charge in [-0.25, -0.2) is 0 Å². The molecule has 0 aromatic heterocycles. The smallest absolute Gasteiger partial charge is 0.257 e. The molecule has 3 heteroatoms. The molecule has 0 atom stereocenters. The van der Waals surface area contributed by atoms with Crippen molar-refractivity contribution < 1.29 is 9.53 Å². The van der Waals surface area contributed by atoms with E-state index in [1.54, 1.807) is 0 Å². The van der Waals surface area contributed by atoms with E-state index in [9.17, 15) is 4.79 Å². The van der Waals surface area contributed by atoms with Gasteiger partial charge in [-0.1, -0.05) is 26.0 Å². The molecule has 17 heavy (non-hydrogen) atoms. The van der Waals surface area contributed by atoms with Gasteiger partial charge in [0.05, 0.1) is 0 Å². The minimum atomic E-state index is -0.0698. The van der Waals surface area contributed by atoms with Gasteiger partial charge in [-0.3, -0.25) is 4.79 Å². The second kappa shape index (κ2) is 6.28. The number of benzene rings is 1. The predicted octanol–water partition coefficient (Wildman–Crippen LogP) is 2.45. The highest BCUT2D eigenvalue weighted by Crippen LogP contribution is 2.20. The van der Waals surface area contributed by atoms with Crippen molar-refractivity contribution in [1.82, 2.24) is 5.32 Å². The Labute approximate surface area is 103 Å². The fraction of sp³-hybridized carbons (Fsp3) is 0.500. The molecule has 1 aromatic carbocycles. The Kier molecular flexibility index (Phi) is 5.01. The fourth-order valence-electron chi connectivity index (χ4n) is 1.39. The van der Waals surface area contributed by atoms with Crippen LogP contribution in [0, 0.1) is 19.8 Å². The number of hydrogen-bond donors (Lipinski definition) is 1. The summed E-state index contributed by atoms with van der Waals surface area (Å²) >= 11 is 0. The summed E-state index contributed by atoms with van der Waals surface area (Å²) < 4.78 is 5.50. The summed E-state index contributed by atoms with van der Waals surface area (Å²) in [7, 11) is 0. The van der Waals surface area contributed by atoms with Crippen molar-refractivity contribution in [3.8, 4) is 5.75 Å². The van der Waals surface area contributed by atoms with E-state index in [1.165, 1.54) is 5.56 Å². The van der Waals surface area contributed by atoms with Gasteiger partial charge in [-0.2, -0.15) is 0 Å². The van der Waals surface area contributed by atoms with Gasteiger partial charge in [0.1, 0.15) is 5.75 Å². The van der Waals surface area contributed by atoms with Gasteiger partial charge in [-0.15, -0.1) is 0 Å². The first kappa shape index (κ1) is 13.6. The normalized spacial score (nSPS) is 10.4. The van der Waals surface area contributed by atoms with Crippen molar-refractivity contribution in [3.05, 3.63) is 29.3 Å². The van der Waals surface area contributed by atoms with Crippen LogP contribution in [-0.4, -0.2) is 19.1 Å². The molecule has 0 radical (unpaired) electrons. The molecule has 0 aliphatic carbocycles. The third-order valence-electron chi connectivity index (χ3n) is 2.62. The molecule has 94 valence electrons. The fourth-order valence-corrected chi connectivity index (χ4v) is 1.39. The zero-order valence-electron chi connectivity index (χ0n) is 11.0. The summed E-state index contributed by atoms with van der Waals surface area (Å²) in [6.07, 6.45) is 0. The maximum atomic E-state index is 11.5. The first-order chi connectivity index (χ1) is 8.00. The van der Waals surface area contributed by atoms with Crippen LogP contribution in [-0.2, 0) is 4.79 Å². The molecule has 0 fully saturated rings. The third kappa shape index (κ3) is 4.47. The van der Waals surface area contributed by atoms with Gasteiger partial charge < -0.3 is 10.1 Å². The number of ether oxygens (including phenoxy) is 1. The molecule has 1 aromatic rings. The van der Waals surface area contributed by atoms with Crippen LogP contribution in [0.1, 0.15) is 25.0 Å². The van der Waals surface area contributed by atoms with Crippen LogP contribution in [0.3, 0.4) is 0 Å². The molecule has 0 saturated carbocycles. The number of carbonyl (C=O) groups excluding carboxylic acids is 1. The summed E-state index contributed by atoms with van der Waals surface area (Å²) in [5, 5.41) is 2.82. The molecule has 1 amide bonds. The zero-order valence-corrected chi connectivity index (χ0v) is 11.0. The van der Waals surface area contributed by atoms with Gasteiger partial charge in [0.2, 0.25) is 0 Å². The Morgan fingerprint density at radius 2 is 2.06 bits per heavy atom. The second-order valence-corrected chi connectivity index (χ2v) is 4.68. The quantitative estimate of drug-likeness (QED) is 0.851. The molecule has 0 spiro atoms. The van der Waals surface area contributed by atoms with Crippen LogP contribution in [0.15, 0.2) is 18.2 Å². The SMILES string of the molecule is Cc1cccc(OCC(=O)NCC(C)C)c1C. The van der Waals surface area contributed by atoms with E-state index in [0.29, 0.717) is 12.5 Å². The number of aryl methyl sites for hydroxylation is 1. The molecule has 1 N–H and O–H groups in total. The summed E-state index contributed by atoms with van der Waals surface area (Å²) in [6, 6.07) is 5.85. The number of hydrogen-bond acceptors (Lipinski definition) is 2. The highest BCUT2D eigenvalue weighted by molar-refractivity contribution is 5.77. The summed E-state index contributed by atoms with van der Waals surface area (Å²) in [4.78, 5) is 11.5. The molecule has 0 unspecified atom stereocenters. The van der Waals surface area contributed by atoms with Crippen molar-refractivity contribution in [2.45, 2.75) is 27.7 Å². The van der Waals surface area contributed by atoms with Crippen LogP contribution < -0.4 is 10.1 Å². The molecular formula is C14H21NO2. The highest BCUT2D eigenvalue weighted by atomic mass is 16.5. The van der Waals surface area contributed by atoms with E-state index < -0.39 is 0 Å². The minimum Gasteiger partial charge on any atom is -0.483 e. The Balaban J connectivity index is 2.45. The Morgan fingerprint density at radius 1 is 1.35 bits per heavy atom. The standard InChI is InChI=1S/C14H21NO2/c1-10(2)8-15-14(16)9-17-13-7-5-6-11(3)12(13)4/h5-7,10H,8-9H2,1-4H3,(H,15,16). The van der Waals surface area contributed by atoms with Crippen LogP contribution in [0.2, 0.25) is 0 Å². The highest BCUT2D eigenvalue weighted by Gasteiger charge is 2.06. The first-order valence-electron chi connectivity index (χ1n) is 5.96. The lowest BCUT2D eigenvalue weighted by Crippen LogP contribution is -2.31. The molecule has 0 aliphatic heterocycles. The number of carbonyl (C=O) groups is 1. The Hall–Kier alpha value is -1.51. The Morgan fingerprint density at radius 3 is 2.71 bits per heavy atom. The van der Waals surface area contributed by atoms with E-state index in [4.69, 9.17) is 4.74 Å². The monoisotopic (exact) mass is 235 g/mol. The van der Waals surface area contributed by atoms with E-state index in [1.807, 2.05) is 32.0 Å². The molecule has 3 nitrogen and oxygen atoms in total. The second-order valence-electron chi connectivity index (χ2n) is 4.68. The maximum absolute atomic E-state index is 11.5. The summed E-state index contributed by atoms with van der Waals surface area (Å²) in [6.45, 7) is 8.92. The summed E-state index contributed by atoms with van der Waals surface area (Å²) in [5.74, 6) is 1.17. The van der Waals surface area contributed by atoms with Crippen molar-refractivity contribution >= 4 is 5.91 Å². The van der Waals surface area contributed by atoms with E-state index in [0.717, 1.165) is 11.3 Å². The zero-order chi connectivity index (χ0) is 12.8. The van der Waals surface area contributed by atoms with Gasteiger partial charge in [0, 0.05) is 6.54 Å². The predicted molar refractivity (Wildman–Crippen MR) is 69.3 cm³/mol. The molecular weight excluding hydrogens is 214 g/mol. The number of amides is 1. The molecule has 0 saturated heterocycles. The van der Waals surface area contributed by atoms with Crippen molar-refractivity contribution in [2.24, 2.45) is 5.92 Å². The molecule has 0 bridgehead atoms. The lowest BCUT2D eigenvalue weighted by Gasteiger charge is -2.11. The summed E-state index contributed by atoms with van der Waals surface area (Å²) in [5.41, 5.74) is 2.26. The van der Waals surface area contributed by atoms with Gasteiger partial charge in [0.15, 0.2) is 6.61 Å². The van der Waals surface area contributed by atoms with Crippen molar-refractivity contribution in [3.63, 3.8) is 0 Å². The number of rotatable bonds is 5. The maximum Gasteiger partial charge on any atom is 0.257 e. The largest absolute Gasteiger partial charge is 0.483 e. The van der Waals surface area contributed by atoms with Gasteiger partial charge in [0.25, 0.3) is 5.91 Å². The van der Waals surface area contributed by atoms with Crippen molar-refractivity contribution in [2.75, 3.05) is 13.2 Å².